The molecule has 2 amide bonds. The molecule has 0 saturated heterocycles. The van der Waals surface area contributed by atoms with Gasteiger partial charge in [-0.2, -0.15) is 0 Å². The number of carboxylic acid groups (broad SMARTS) is 1. The first-order valence-corrected chi connectivity index (χ1v) is 8.48. The van der Waals surface area contributed by atoms with Crippen LogP contribution in [0.5, 0.6) is 0 Å². The molecule has 0 saturated carbocycles. The molecule has 5 N–H and O–H groups in total. The molecule has 1 unspecified atom stereocenters. The molecule has 8 nitrogen and oxygen atoms in total. The molecular formula is C16H31N3O5. The summed E-state index contributed by atoms with van der Waals surface area (Å²) in [6.07, 6.45) is 4.52. The van der Waals surface area contributed by atoms with Gasteiger partial charge in [0.15, 0.2) is 0 Å². The van der Waals surface area contributed by atoms with Gasteiger partial charge in [-0.3, -0.25) is 14.9 Å². The molecule has 0 aromatic rings. The molecule has 0 bridgehead atoms. The maximum absolute atomic E-state index is 10.9. The number of rotatable bonds is 14. The van der Waals surface area contributed by atoms with E-state index in [4.69, 9.17) is 5.11 Å². The number of aliphatic hydroxyl groups is 1. The van der Waals surface area contributed by atoms with Crippen molar-refractivity contribution in [3.05, 3.63) is 0 Å². The molecule has 0 aliphatic rings. The number of aliphatic carboxylic acids is 1. The molecule has 0 spiro atoms. The summed E-state index contributed by atoms with van der Waals surface area (Å²) in [7, 11) is 0. The molecule has 0 aliphatic heterocycles. The maximum atomic E-state index is 10.9. The average Bonchev–Trinajstić information content (AvgIpc) is 2.48. The monoisotopic (exact) mass is 345 g/mol. The Morgan fingerprint density at radius 1 is 0.875 bits per heavy atom. The van der Waals surface area contributed by atoms with Crippen LogP contribution in [0, 0.1) is 0 Å². The van der Waals surface area contributed by atoms with E-state index >= 15 is 0 Å². The first-order chi connectivity index (χ1) is 11.3. The molecule has 0 heterocycles. The molecule has 2 atom stereocenters. The third-order valence-corrected chi connectivity index (χ3v) is 3.50. The van der Waals surface area contributed by atoms with Crippen LogP contribution in [0.1, 0.15) is 58.8 Å². The van der Waals surface area contributed by atoms with Gasteiger partial charge in [-0.15, -0.1) is 0 Å². The van der Waals surface area contributed by atoms with Gasteiger partial charge in [-0.05, 0) is 45.1 Å². The summed E-state index contributed by atoms with van der Waals surface area (Å²) in [4.78, 5) is 32.5. The Morgan fingerprint density at radius 2 is 1.50 bits per heavy atom. The highest BCUT2D eigenvalue weighted by atomic mass is 16.4. The van der Waals surface area contributed by atoms with Crippen LogP contribution in [0.4, 0.5) is 0 Å². The van der Waals surface area contributed by atoms with E-state index < -0.39 is 18.2 Å². The minimum absolute atomic E-state index is 0.0275. The number of carbonyl (C=O) groups excluding carboxylic acids is 2. The van der Waals surface area contributed by atoms with Crippen LogP contribution in [-0.4, -0.2) is 53.4 Å². The Bertz CT molecular complexity index is 390. The SMILES string of the molecule is CC(=O)NCCCCCC(O)NCCCC[C@H](NC(C)=O)C(=O)O. The molecule has 24 heavy (non-hydrogen) atoms. The predicted molar refractivity (Wildman–Crippen MR) is 90.3 cm³/mol. The normalized spacial score (nSPS) is 13.1. The smallest absolute Gasteiger partial charge is 0.326 e. The van der Waals surface area contributed by atoms with Crippen molar-refractivity contribution in [1.82, 2.24) is 16.0 Å². The van der Waals surface area contributed by atoms with Gasteiger partial charge < -0.3 is 20.8 Å². The van der Waals surface area contributed by atoms with Crippen molar-refractivity contribution in [3.8, 4) is 0 Å². The standard InChI is InChI=1S/C16H31N3O5/c1-12(20)17-10-6-3-4-9-15(22)18-11-7-5-8-14(16(23)24)19-13(2)21/h14-15,18,22H,3-11H2,1-2H3,(H,17,20)(H,19,21)(H,23,24)/t14-,15?/m0/s1. The summed E-state index contributed by atoms with van der Waals surface area (Å²) in [5.74, 6) is -1.41. The van der Waals surface area contributed by atoms with Crippen molar-refractivity contribution in [2.45, 2.75) is 71.1 Å². The van der Waals surface area contributed by atoms with Crippen molar-refractivity contribution in [2.24, 2.45) is 0 Å². The molecule has 0 aromatic carbocycles. The number of hydrogen-bond acceptors (Lipinski definition) is 5. The zero-order chi connectivity index (χ0) is 18.4. The lowest BCUT2D eigenvalue weighted by Gasteiger charge is -2.14. The summed E-state index contributed by atoms with van der Waals surface area (Å²) < 4.78 is 0. The minimum atomic E-state index is -1.03. The summed E-state index contributed by atoms with van der Waals surface area (Å²) in [5.41, 5.74) is 0. The van der Waals surface area contributed by atoms with Crippen molar-refractivity contribution in [3.63, 3.8) is 0 Å². The Hall–Kier alpha value is -1.67. The first-order valence-electron chi connectivity index (χ1n) is 8.48. The molecular weight excluding hydrogens is 314 g/mol. The second-order valence-corrected chi connectivity index (χ2v) is 5.89. The van der Waals surface area contributed by atoms with Gasteiger partial charge in [0, 0.05) is 20.4 Å². The minimum Gasteiger partial charge on any atom is -0.480 e. The lowest BCUT2D eigenvalue weighted by molar-refractivity contribution is -0.141. The fraction of sp³-hybridized carbons (Fsp3) is 0.812. The number of aliphatic hydroxyl groups excluding tert-OH is 1. The van der Waals surface area contributed by atoms with Crippen LogP contribution in [-0.2, 0) is 14.4 Å². The third-order valence-electron chi connectivity index (χ3n) is 3.50. The lowest BCUT2D eigenvalue weighted by atomic mass is 10.1. The number of nitrogens with one attached hydrogen (secondary N) is 3. The number of hydrogen-bond donors (Lipinski definition) is 5. The number of carboxylic acids is 1. The molecule has 0 aromatic heterocycles. The van der Waals surface area contributed by atoms with Crippen LogP contribution >= 0.6 is 0 Å². The van der Waals surface area contributed by atoms with Gasteiger partial charge in [0.05, 0.1) is 0 Å². The van der Waals surface area contributed by atoms with E-state index in [2.05, 4.69) is 16.0 Å². The van der Waals surface area contributed by atoms with Gasteiger partial charge in [0.1, 0.15) is 12.3 Å². The molecule has 140 valence electrons. The summed E-state index contributed by atoms with van der Waals surface area (Å²) in [6, 6.07) is -0.851. The fourth-order valence-electron chi connectivity index (χ4n) is 2.25. The Labute approximate surface area is 143 Å². The highest BCUT2D eigenvalue weighted by molar-refractivity contribution is 5.81. The molecule has 0 fully saturated rings. The quantitative estimate of drug-likeness (QED) is 0.228. The third kappa shape index (κ3) is 14.0. The van der Waals surface area contributed by atoms with Crippen molar-refractivity contribution in [2.75, 3.05) is 13.1 Å². The van der Waals surface area contributed by atoms with E-state index in [1.165, 1.54) is 13.8 Å². The van der Waals surface area contributed by atoms with Gasteiger partial charge in [0.2, 0.25) is 11.8 Å². The largest absolute Gasteiger partial charge is 0.480 e. The van der Waals surface area contributed by atoms with Crippen LogP contribution in [0.2, 0.25) is 0 Å². The second-order valence-electron chi connectivity index (χ2n) is 5.89. The molecule has 0 radical (unpaired) electrons. The fourth-order valence-corrected chi connectivity index (χ4v) is 2.25. The van der Waals surface area contributed by atoms with E-state index in [0.717, 1.165) is 25.7 Å². The Balaban J connectivity index is 3.57. The van der Waals surface area contributed by atoms with Crippen LogP contribution < -0.4 is 16.0 Å². The van der Waals surface area contributed by atoms with Crippen LogP contribution in [0.3, 0.4) is 0 Å². The molecule has 0 aliphatic carbocycles. The zero-order valence-electron chi connectivity index (χ0n) is 14.6. The summed E-state index contributed by atoms with van der Waals surface area (Å²) in [5, 5.41) is 26.8. The molecule has 8 heteroatoms. The number of unbranched alkanes of at least 4 members (excludes halogenated alkanes) is 3. The van der Waals surface area contributed by atoms with Crippen molar-refractivity contribution >= 4 is 17.8 Å². The topological polar surface area (TPSA) is 128 Å². The Morgan fingerprint density at radius 3 is 2.08 bits per heavy atom. The molecule has 0 rings (SSSR count). The van der Waals surface area contributed by atoms with E-state index in [9.17, 15) is 19.5 Å². The van der Waals surface area contributed by atoms with E-state index in [0.29, 0.717) is 32.4 Å². The summed E-state index contributed by atoms with van der Waals surface area (Å²) >= 11 is 0. The van der Waals surface area contributed by atoms with Gasteiger partial charge >= 0.3 is 5.97 Å². The van der Waals surface area contributed by atoms with Crippen molar-refractivity contribution < 1.29 is 24.6 Å². The van der Waals surface area contributed by atoms with Crippen LogP contribution in [0.15, 0.2) is 0 Å². The van der Waals surface area contributed by atoms with Gasteiger partial charge in [0.25, 0.3) is 0 Å². The highest BCUT2D eigenvalue weighted by Crippen LogP contribution is 2.04. The summed E-state index contributed by atoms with van der Waals surface area (Å²) in [6.45, 7) is 4.05. The predicted octanol–water partition coefficient (Wildman–Crippen LogP) is 0.351. The maximum Gasteiger partial charge on any atom is 0.326 e. The Kier molecular flexibility index (Phi) is 12.8. The van der Waals surface area contributed by atoms with Gasteiger partial charge in [-0.1, -0.05) is 6.42 Å². The van der Waals surface area contributed by atoms with Gasteiger partial charge in [-0.25, -0.2) is 4.79 Å². The van der Waals surface area contributed by atoms with Crippen LogP contribution in [0.25, 0.3) is 0 Å². The van der Waals surface area contributed by atoms with E-state index in [1.807, 2.05) is 0 Å². The van der Waals surface area contributed by atoms with E-state index in [1.54, 1.807) is 0 Å². The van der Waals surface area contributed by atoms with E-state index in [-0.39, 0.29) is 11.8 Å². The average molecular weight is 345 g/mol. The number of amides is 2. The first kappa shape index (κ1) is 22.3. The zero-order valence-corrected chi connectivity index (χ0v) is 14.6. The lowest BCUT2D eigenvalue weighted by Crippen LogP contribution is -2.39. The second kappa shape index (κ2) is 13.7. The highest BCUT2D eigenvalue weighted by Gasteiger charge is 2.17. The number of carbonyl (C=O) groups is 3. The van der Waals surface area contributed by atoms with Crippen molar-refractivity contribution in [1.29, 1.82) is 0 Å².